The van der Waals surface area contributed by atoms with E-state index in [1.54, 1.807) is 6.20 Å². The van der Waals surface area contributed by atoms with Gasteiger partial charge in [0.1, 0.15) is 5.02 Å². The van der Waals surface area contributed by atoms with Crippen LogP contribution in [0.5, 0.6) is 0 Å². The van der Waals surface area contributed by atoms with E-state index in [0.717, 1.165) is 45.0 Å². The Morgan fingerprint density at radius 2 is 2.00 bits per heavy atom. The molecule has 0 saturated carbocycles. The molecule has 1 aliphatic heterocycles. The highest BCUT2D eigenvalue weighted by atomic mass is 35.5. The second-order valence-corrected chi connectivity index (χ2v) is 5.98. The van der Waals surface area contributed by atoms with Crippen LogP contribution >= 0.6 is 11.6 Å². The Hall–Kier alpha value is -1.07. The van der Waals surface area contributed by atoms with Gasteiger partial charge >= 0.3 is 0 Å². The zero-order valence-electron chi connectivity index (χ0n) is 13.3. The lowest BCUT2D eigenvalue weighted by Crippen LogP contribution is -2.49. The molecule has 1 aliphatic rings. The lowest BCUT2D eigenvalue weighted by atomic mass is 10.2. The molecule has 0 aliphatic carbocycles. The number of piperazine rings is 1. The zero-order valence-corrected chi connectivity index (χ0v) is 14.0. The molecule has 0 spiro atoms. The van der Waals surface area contributed by atoms with Gasteiger partial charge in [0.25, 0.3) is 0 Å². The van der Waals surface area contributed by atoms with Crippen molar-refractivity contribution in [3.63, 3.8) is 0 Å². The van der Waals surface area contributed by atoms with Crippen molar-refractivity contribution >= 4 is 23.4 Å². The van der Waals surface area contributed by atoms with Gasteiger partial charge in [0, 0.05) is 38.8 Å². The lowest BCUT2D eigenvalue weighted by Gasteiger charge is -2.38. The Bertz CT molecular complexity index is 446. The minimum Gasteiger partial charge on any atom is -0.354 e. The maximum absolute atomic E-state index is 6.28. The number of nitrogens with zero attached hydrogens (tertiary/aromatic N) is 4. The van der Waals surface area contributed by atoms with Crippen LogP contribution in [-0.2, 0) is 0 Å². The van der Waals surface area contributed by atoms with Crippen LogP contribution < -0.4 is 10.2 Å². The SMILES string of the molecule is CCCNc1ncc(Cl)c(N2CCN(C(C)CC)CC2)n1. The van der Waals surface area contributed by atoms with Crippen molar-refractivity contribution in [2.45, 2.75) is 39.7 Å². The van der Waals surface area contributed by atoms with Gasteiger partial charge in [-0.2, -0.15) is 4.98 Å². The molecule has 1 fully saturated rings. The smallest absolute Gasteiger partial charge is 0.224 e. The fourth-order valence-corrected chi connectivity index (χ4v) is 2.75. The molecule has 0 amide bonds. The molecular weight excluding hydrogens is 286 g/mol. The zero-order chi connectivity index (χ0) is 15.2. The highest BCUT2D eigenvalue weighted by molar-refractivity contribution is 6.32. The van der Waals surface area contributed by atoms with Gasteiger partial charge < -0.3 is 10.2 Å². The van der Waals surface area contributed by atoms with Gasteiger partial charge in [-0.15, -0.1) is 0 Å². The molecule has 118 valence electrons. The van der Waals surface area contributed by atoms with E-state index in [-0.39, 0.29) is 0 Å². The topological polar surface area (TPSA) is 44.3 Å². The van der Waals surface area contributed by atoms with Crippen LogP contribution in [0.4, 0.5) is 11.8 Å². The highest BCUT2D eigenvalue weighted by Gasteiger charge is 2.22. The molecule has 0 aromatic carbocycles. The normalized spacial score (nSPS) is 17.8. The molecule has 1 atom stereocenters. The summed E-state index contributed by atoms with van der Waals surface area (Å²) < 4.78 is 0. The van der Waals surface area contributed by atoms with E-state index in [1.165, 1.54) is 6.42 Å². The van der Waals surface area contributed by atoms with Crippen molar-refractivity contribution in [1.82, 2.24) is 14.9 Å². The minimum atomic E-state index is 0.633. The third-order valence-electron chi connectivity index (χ3n) is 4.09. The number of rotatable bonds is 6. The first kappa shape index (κ1) is 16.3. The predicted molar refractivity (Wildman–Crippen MR) is 89.4 cm³/mol. The summed E-state index contributed by atoms with van der Waals surface area (Å²) >= 11 is 6.28. The predicted octanol–water partition coefficient (Wildman–Crippen LogP) is 2.87. The lowest BCUT2D eigenvalue weighted by molar-refractivity contribution is 0.192. The summed E-state index contributed by atoms with van der Waals surface area (Å²) in [6.07, 6.45) is 3.94. The Labute approximate surface area is 132 Å². The van der Waals surface area contributed by atoms with E-state index >= 15 is 0 Å². The van der Waals surface area contributed by atoms with Crippen molar-refractivity contribution < 1.29 is 0 Å². The van der Waals surface area contributed by atoms with Gasteiger partial charge in [0.15, 0.2) is 5.82 Å². The van der Waals surface area contributed by atoms with Crippen molar-refractivity contribution in [1.29, 1.82) is 0 Å². The summed E-state index contributed by atoms with van der Waals surface area (Å²) in [5.41, 5.74) is 0. The molecule has 6 heteroatoms. The summed E-state index contributed by atoms with van der Waals surface area (Å²) in [4.78, 5) is 13.6. The molecular formula is C15H26ClN5. The van der Waals surface area contributed by atoms with Crippen LogP contribution in [0.3, 0.4) is 0 Å². The number of aromatic nitrogens is 2. The summed E-state index contributed by atoms with van der Waals surface area (Å²) in [6.45, 7) is 11.6. The minimum absolute atomic E-state index is 0.633. The standard InChI is InChI=1S/C15H26ClN5/c1-4-6-17-15-18-11-13(16)14(19-15)21-9-7-20(8-10-21)12(3)5-2/h11-12H,4-10H2,1-3H3,(H,17,18,19). The van der Waals surface area contributed by atoms with Crippen molar-refractivity contribution in [3.8, 4) is 0 Å². The number of halogens is 1. The van der Waals surface area contributed by atoms with Gasteiger partial charge in [-0.05, 0) is 19.8 Å². The van der Waals surface area contributed by atoms with Crippen molar-refractivity contribution in [2.75, 3.05) is 42.9 Å². The van der Waals surface area contributed by atoms with Crippen LogP contribution in [0.1, 0.15) is 33.6 Å². The molecule has 1 saturated heterocycles. The molecule has 1 aromatic rings. The van der Waals surface area contributed by atoms with Gasteiger partial charge in [0.05, 0.1) is 6.20 Å². The van der Waals surface area contributed by atoms with Gasteiger partial charge in [-0.3, -0.25) is 4.90 Å². The van der Waals surface area contributed by atoms with Crippen molar-refractivity contribution in [3.05, 3.63) is 11.2 Å². The van der Waals surface area contributed by atoms with Crippen LogP contribution in [0.15, 0.2) is 6.20 Å². The maximum atomic E-state index is 6.28. The van der Waals surface area contributed by atoms with E-state index in [2.05, 4.69) is 45.9 Å². The molecule has 0 radical (unpaired) electrons. The van der Waals surface area contributed by atoms with Crippen molar-refractivity contribution in [2.24, 2.45) is 0 Å². The number of anilines is 2. The molecule has 1 aromatic heterocycles. The second-order valence-electron chi connectivity index (χ2n) is 5.57. The second kappa shape index (κ2) is 7.80. The van der Waals surface area contributed by atoms with E-state index < -0.39 is 0 Å². The molecule has 0 bridgehead atoms. The largest absolute Gasteiger partial charge is 0.354 e. The summed E-state index contributed by atoms with van der Waals surface area (Å²) in [7, 11) is 0. The van der Waals surface area contributed by atoms with Crippen LogP contribution in [0, 0.1) is 0 Å². The third kappa shape index (κ3) is 4.20. The number of hydrogen-bond acceptors (Lipinski definition) is 5. The summed E-state index contributed by atoms with van der Waals surface area (Å²) in [6, 6.07) is 0.648. The quantitative estimate of drug-likeness (QED) is 0.875. The monoisotopic (exact) mass is 311 g/mol. The number of hydrogen-bond donors (Lipinski definition) is 1. The molecule has 1 N–H and O–H groups in total. The average molecular weight is 312 g/mol. The first-order valence-electron chi connectivity index (χ1n) is 7.91. The molecule has 2 rings (SSSR count). The summed E-state index contributed by atoms with van der Waals surface area (Å²) in [5.74, 6) is 1.52. The van der Waals surface area contributed by atoms with Crippen LogP contribution in [0.2, 0.25) is 5.02 Å². The van der Waals surface area contributed by atoms with Crippen LogP contribution in [0.25, 0.3) is 0 Å². The molecule has 2 heterocycles. The van der Waals surface area contributed by atoms with Gasteiger partial charge in [-0.1, -0.05) is 25.4 Å². The van der Waals surface area contributed by atoms with Crippen LogP contribution in [-0.4, -0.2) is 53.6 Å². The molecule has 21 heavy (non-hydrogen) atoms. The average Bonchev–Trinajstić information content (AvgIpc) is 2.53. The fourth-order valence-electron chi connectivity index (χ4n) is 2.53. The maximum Gasteiger partial charge on any atom is 0.224 e. The Balaban J connectivity index is 2.02. The third-order valence-corrected chi connectivity index (χ3v) is 4.35. The summed E-state index contributed by atoms with van der Waals surface area (Å²) in [5, 5.41) is 3.85. The van der Waals surface area contributed by atoms with E-state index in [1.807, 2.05) is 0 Å². The first-order chi connectivity index (χ1) is 10.2. The fraction of sp³-hybridized carbons (Fsp3) is 0.733. The number of nitrogens with one attached hydrogen (secondary N) is 1. The Morgan fingerprint density at radius 3 is 2.62 bits per heavy atom. The van der Waals surface area contributed by atoms with Gasteiger partial charge in [-0.25, -0.2) is 4.98 Å². The highest BCUT2D eigenvalue weighted by Crippen LogP contribution is 2.25. The Morgan fingerprint density at radius 1 is 1.29 bits per heavy atom. The van der Waals surface area contributed by atoms with E-state index in [0.29, 0.717) is 17.0 Å². The van der Waals surface area contributed by atoms with E-state index in [9.17, 15) is 0 Å². The van der Waals surface area contributed by atoms with Gasteiger partial charge in [0.2, 0.25) is 5.95 Å². The Kier molecular flexibility index (Phi) is 6.06. The molecule has 5 nitrogen and oxygen atoms in total. The molecule has 1 unspecified atom stereocenters. The van der Waals surface area contributed by atoms with E-state index in [4.69, 9.17) is 11.6 Å². The first-order valence-corrected chi connectivity index (χ1v) is 8.28.